The zero-order valence-corrected chi connectivity index (χ0v) is 8.05. The monoisotopic (exact) mass is 216 g/mol. The molecule has 0 radical (unpaired) electrons. The Labute approximate surface area is 75.6 Å². The number of fused-ring (bicyclic) bond motifs is 3. The van der Waals surface area contributed by atoms with E-state index in [4.69, 9.17) is 0 Å². The molecule has 2 bridgehead atoms. The van der Waals surface area contributed by atoms with Gasteiger partial charge in [-0.2, -0.15) is 0 Å². The van der Waals surface area contributed by atoms with Crippen molar-refractivity contribution in [3.63, 3.8) is 0 Å². The van der Waals surface area contributed by atoms with Crippen molar-refractivity contribution in [1.82, 2.24) is 0 Å². The van der Waals surface area contributed by atoms with Crippen LogP contribution in [0.2, 0.25) is 0 Å². The highest BCUT2D eigenvalue weighted by Crippen LogP contribution is 2.41. The quantitative estimate of drug-likeness (QED) is 0.660. The Hall–Kier alpha value is 0.180. The Bertz CT molecular complexity index is 180. The van der Waals surface area contributed by atoms with Gasteiger partial charge >= 0.3 is 0 Å². The summed E-state index contributed by atoms with van der Waals surface area (Å²) in [6.07, 6.45) is 6.75. The van der Waals surface area contributed by atoms with E-state index in [0.29, 0.717) is 11.8 Å². The Morgan fingerprint density at radius 1 is 1.27 bits per heavy atom. The third-order valence-electron chi connectivity index (χ3n) is 2.97. The molecule has 1 N–H and O–H groups in total. The molecule has 0 spiro atoms. The zero-order valence-electron chi connectivity index (χ0n) is 6.46. The molecule has 3 aliphatic carbocycles. The van der Waals surface area contributed by atoms with E-state index in [0.717, 1.165) is 0 Å². The molecule has 62 valence electrons. The molecule has 1 fully saturated rings. The smallest absolute Gasteiger partial charge is 0.0759 e. The lowest BCUT2D eigenvalue weighted by Gasteiger charge is -2.25. The van der Waals surface area contributed by atoms with Gasteiger partial charge in [0.15, 0.2) is 0 Å². The highest BCUT2D eigenvalue weighted by molar-refractivity contribution is 9.11. The Kier molecular flexibility index (Phi) is 2.06. The lowest BCUT2D eigenvalue weighted by atomic mass is 9.83. The van der Waals surface area contributed by atoms with Gasteiger partial charge in [0, 0.05) is 0 Å². The molecular formula is C9H13BrO. The van der Waals surface area contributed by atoms with E-state index < -0.39 is 0 Å². The number of hydrogen-bond donors (Lipinski definition) is 1. The van der Waals surface area contributed by atoms with Crippen molar-refractivity contribution in [3.05, 3.63) is 10.6 Å². The molecule has 0 amide bonds. The zero-order chi connectivity index (χ0) is 7.84. The van der Waals surface area contributed by atoms with Crippen LogP contribution in [0, 0.1) is 11.8 Å². The van der Waals surface area contributed by atoms with Crippen LogP contribution in [0.4, 0.5) is 0 Å². The molecular weight excluding hydrogens is 204 g/mol. The highest BCUT2D eigenvalue weighted by atomic mass is 79.9. The maximum Gasteiger partial charge on any atom is 0.0759 e. The number of rotatable bonds is 0. The Morgan fingerprint density at radius 3 is 2.55 bits per heavy atom. The molecule has 1 nitrogen and oxygen atoms in total. The number of allylic oxidation sites excluding steroid dienone is 1. The van der Waals surface area contributed by atoms with Gasteiger partial charge in [0.1, 0.15) is 0 Å². The van der Waals surface area contributed by atoms with Crippen LogP contribution in [-0.4, -0.2) is 11.2 Å². The van der Waals surface area contributed by atoms with Crippen molar-refractivity contribution in [2.24, 2.45) is 11.8 Å². The van der Waals surface area contributed by atoms with Gasteiger partial charge in [-0.3, -0.25) is 0 Å². The second-order valence-electron chi connectivity index (χ2n) is 3.65. The van der Waals surface area contributed by atoms with Crippen LogP contribution in [0.15, 0.2) is 10.6 Å². The number of hydrogen-bond acceptors (Lipinski definition) is 1. The van der Waals surface area contributed by atoms with Crippen LogP contribution in [0.1, 0.15) is 25.7 Å². The molecule has 0 saturated heterocycles. The van der Waals surface area contributed by atoms with Gasteiger partial charge in [0.05, 0.1) is 6.10 Å². The number of halogens is 1. The lowest BCUT2D eigenvalue weighted by molar-refractivity contribution is 0.126. The van der Waals surface area contributed by atoms with Crippen molar-refractivity contribution in [3.8, 4) is 0 Å². The van der Waals surface area contributed by atoms with Crippen molar-refractivity contribution in [2.45, 2.75) is 31.8 Å². The summed E-state index contributed by atoms with van der Waals surface area (Å²) < 4.78 is 1.24. The summed E-state index contributed by atoms with van der Waals surface area (Å²) in [5.41, 5.74) is 0. The van der Waals surface area contributed by atoms with Crippen molar-refractivity contribution < 1.29 is 5.11 Å². The molecule has 0 unspecified atom stereocenters. The topological polar surface area (TPSA) is 20.2 Å². The summed E-state index contributed by atoms with van der Waals surface area (Å²) in [5.74, 6) is 1.25. The first kappa shape index (κ1) is 7.81. The number of aliphatic hydroxyl groups excluding tert-OH is 1. The first-order chi connectivity index (χ1) is 5.27. The Balaban J connectivity index is 2.24. The van der Waals surface area contributed by atoms with Crippen LogP contribution in [0.5, 0.6) is 0 Å². The molecule has 2 heteroatoms. The van der Waals surface area contributed by atoms with E-state index in [1.807, 2.05) is 6.08 Å². The van der Waals surface area contributed by atoms with Crippen molar-refractivity contribution in [2.75, 3.05) is 0 Å². The van der Waals surface area contributed by atoms with Gasteiger partial charge in [0.2, 0.25) is 0 Å². The first-order valence-electron chi connectivity index (χ1n) is 4.32. The summed E-state index contributed by atoms with van der Waals surface area (Å²) in [6, 6.07) is 0. The van der Waals surface area contributed by atoms with Gasteiger partial charge < -0.3 is 5.11 Å². The van der Waals surface area contributed by atoms with E-state index in [9.17, 15) is 5.11 Å². The summed E-state index contributed by atoms with van der Waals surface area (Å²) in [5, 5.41) is 9.64. The predicted octanol–water partition coefficient (Wildman–Crippen LogP) is 2.45. The molecule has 3 rings (SSSR count). The normalized spacial score (nSPS) is 43.5. The van der Waals surface area contributed by atoms with Crippen molar-refractivity contribution in [1.29, 1.82) is 0 Å². The lowest BCUT2D eigenvalue weighted by Crippen LogP contribution is -2.19. The molecule has 0 heterocycles. The van der Waals surface area contributed by atoms with Gasteiger partial charge in [-0.25, -0.2) is 0 Å². The molecule has 11 heavy (non-hydrogen) atoms. The molecule has 0 aromatic carbocycles. The fraction of sp³-hybridized carbons (Fsp3) is 0.778. The summed E-state index contributed by atoms with van der Waals surface area (Å²) in [4.78, 5) is 0. The average Bonchev–Trinajstić information content (AvgIpc) is 2.22. The minimum absolute atomic E-state index is 0.183. The van der Waals surface area contributed by atoms with Crippen molar-refractivity contribution >= 4 is 15.9 Å². The summed E-state index contributed by atoms with van der Waals surface area (Å²) in [6.45, 7) is 0. The van der Waals surface area contributed by atoms with Crippen LogP contribution >= 0.6 is 15.9 Å². The minimum atomic E-state index is -0.183. The summed E-state index contributed by atoms with van der Waals surface area (Å²) in [7, 11) is 0. The second-order valence-corrected chi connectivity index (χ2v) is 4.57. The number of aliphatic hydroxyl groups is 1. The van der Waals surface area contributed by atoms with E-state index >= 15 is 0 Å². The standard InChI is InChI=1S/C9H13BrO/c10-8-5-9(11)7-3-1-6(8)2-4-7/h5-7,9,11H,1-4H2/t6?,7?,9-/m1/s1. The van der Waals surface area contributed by atoms with Crippen LogP contribution in [0.25, 0.3) is 0 Å². The summed E-state index contributed by atoms with van der Waals surface area (Å²) >= 11 is 3.53. The van der Waals surface area contributed by atoms with Gasteiger partial charge in [-0.05, 0) is 48.1 Å². The average molecular weight is 217 g/mol. The van der Waals surface area contributed by atoms with E-state index in [-0.39, 0.29) is 6.10 Å². The highest BCUT2D eigenvalue weighted by Gasteiger charge is 2.30. The molecule has 1 saturated carbocycles. The fourth-order valence-corrected chi connectivity index (χ4v) is 2.90. The predicted molar refractivity (Wildman–Crippen MR) is 48.5 cm³/mol. The van der Waals surface area contributed by atoms with Gasteiger partial charge in [-0.15, -0.1) is 0 Å². The molecule has 0 aliphatic heterocycles. The van der Waals surface area contributed by atoms with Crippen LogP contribution in [0.3, 0.4) is 0 Å². The molecule has 1 atom stereocenters. The maximum atomic E-state index is 9.64. The minimum Gasteiger partial charge on any atom is -0.389 e. The fourth-order valence-electron chi connectivity index (χ4n) is 2.17. The van der Waals surface area contributed by atoms with Gasteiger partial charge in [-0.1, -0.05) is 15.9 Å². The second kappa shape index (κ2) is 2.91. The molecule has 0 aromatic heterocycles. The maximum absolute atomic E-state index is 9.64. The molecule has 0 aromatic rings. The van der Waals surface area contributed by atoms with Crippen LogP contribution in [-0.2, 0) is 0 Å². The van der Waals surface area contributed by atoms with E-state index in [1.54, 1.807) is 0 Å². The SMILES string of the molecule is O[C@@H]1C=C(Br)C2CCC1CC2. The van der Waals surface area contributed by atoms with E-state index in [2.05, 4.69) is 15.9 Å². The molecule has 3 aliphatic rings. The van der Waals surface area contributed by atoms with Crippen LogP contribution < -0.4 is 0 Å². The van der Waals surface area contributed by atoms with E-state index in [1.165, 1.54) is 30.2 Å². The van der Waals surface area contributed by atoms with Gasteiger partial charge in [0.25, 0.3) is 0 Å². The first-order valence-corrected chi connectivity index (χ1v) is 5.12. The Morgan fingerprint density at radius 2 is 1.91 bits per heavy atom. The largest absolute Gasteiger partial charge is 0.389 e. The third kappa shape index (κ3) is 1.38. The third-order valence-corrected chi connectivity index (χ3v) is 3.89.